The summed E-state index contributed by atoms with van der Waals surface area (Å²) in [6, 6.07) is 4.62. The summed E-state index contributed by atoms with van der Waals surface area (Å²) < 4.78 is 15.8. The fourth-order valence-electron chi connectivity index (χ4n) is 2.00. The number of rotatable bonds is 6. The summed E-state index contributed by atoms with van der Waals surface area (Å²) in [6.07, 6.45) is 2.37. The molecule has 6 nitrogen and oxygen atoms in total. The molecule has 1 aromatic heterocycles. The maximum Gasteiger partial charge on any atom is 0.374 e. The highest BCUT2D eigenvalue weighted by atomic mass is 35.5. The van der Waals surface area contributed by atoms with Gasteiger partial charge in [0.15, 0.2) is 11.5 Å². The fourth-order valence-corrected chi connectivity index (χ4v) is 2.25. The molecule has 1 heterocycles. The van der Waals surface area contributed by atoms with E-state index in [-0.39, 0.29) is 5.76 Å². The molecule has 0 saturated heterocycles. The molecule has 1 aromatic carbocycles. The van der Waals surface area contributed by atoms with Gasteiger partial charge in [0.2, 0.25) is 5.76 Å². The number of aromatic nitrogens is 1. The molecule has 7 heteroatoms. The standard InChI is InChI=1S/C15H14ClNO5/c1-20-12-4-9(11-6-14(15(18)19)22-17-11)10(16)5-13(12)21-7-8-2-3-8/h4-6,8H,2-3,7H2,1H3,(H,18,19). The average Bonchev–Trinajstić information content (AvgIpc) is 3.19. The first kappa shape index (κ1) is 14.7. The summed E-state index contributed by atoms with van der Waals surface area (Å²) in [5.41, 5.74) is 0.850. The summed E-state index contributed by atoms with van der Waals surface area (Å²) in [4.78, 5) is 10.9. The zero-order chi connectivity index (χ0) is 15.7. The Bertz CT molecular complexity index is 708. The van der Waals surface area contributed by atoms with E-state index in [1.807, 2.05) is 0 Å². The Morgan fingerprint density at radius 1 is 1.41 bits per heavy atom. The lowest BCUT2D eigenvalue weighted by molar-refractivity contribution is 0.0652. The molecule has 1 aliphatic rings. The highest BCUT2D eigenvalue weighted by Crippen LogP contribution is 2.39. The van der Waals surface area contributed by atoms with Crippen molar-refractivity contribution in [3.8, 4) is 22.8 Å². The highest BCUT2D eigenvalue weighted by Gasteiger charge is 2.23. The van der Waals surface area contributed by atoms with Crippen LogP contribution >= 0.6 is 11.6 Å². The number of aromatic carboxylic acids is 1. The van der Waals surface area contributed by atoms with Gasteiger partial charge in [-0.1, -0.05) is 16.8 Å². The van der Waals surface area contributed by atoms with Crippen LogP contribution in [0.25, 0.3) is 11.3 Å². The van der Waals surface area contributed by atoms with Crippen LogP contribution in [0.5, 0.6) is 11.5 Å². The smallest absolute Gasteiger partial charge is 0.374 e. The predicted octanol–water partition coefficient (Wildman–Crippen LogP) is 3.49. The van der Waals surface area contributed by atoms with E-state index < -0.39 is 5.97 Å². The van der Waals surface area contributed by atoms with Crippen LogP contribution < -0.4 is 9.47 Å². The molecule has 0 amide bonds. The minimum absolute atomic E-state index is 0.251. The van der Waals surface area contributed by atoms with Crippen molar-refractivity contribution in [3.63, 3.8) is 0 Å². The van der Waals surface area contributed by atoms with Crippen LogP contribution in [0.2, 0.25) is 5.02 Å². The van der Waals surface area contributed by atoms with Crippen molar-refractivity contribution in [1.29, 1.82) is 0 Å². The van der Waals surface area contributed by atoms with Crippen LogP contribution in [0.15, 0.2) is 22.7 Å². The van der Waals surface area contributed by atoms with Crippen LogP contribution in [-0.4, -0.2) is 29.9 Å². The Morgan fingerprint density at radius 3 is 2.77 bits per heavy atom. The van der Waals surface area contributed by atoms with Crippen molar-refractivity contribution < 1.29 is 23.9 Å². The lowest BCUT2D eigenvalue weighted by atomic mass is 10.1. The van der Waals surface area contributed by atoms with Crippen LogP contribution in [0.1, 0.15) is 23.4 Å². The number of carboxylic acid groups (broad SMARTS) is 1. The number of nitrogens with zero attached hydrogens (tertiary/aromatic N) is 1. The van der Waals surface area contributed by atoms with Crippen LogP contribution in [0.3, 0.4) is 0 Å². The molecule has 116 valence electrons. The molecule has 1 N–H and O–H groups in total. The van der Waals surface area contributed by atoms with Crippen molar-refractivity contribution in [1.82, 2.24) is 5.16 Å². The SMILES string of the molecule is COc1cc(-c2cc(C(=O)O)on2)c(Cl)cc1OCC1CC1. The van der Waals surface area contributed by atoms with Gasteiger partial charge in [-0.2, -0.15) is 0 Å². The molecule has 0 aliphatic heterocycles. The number of hydrogen-bond acceptors (Lipinski definition) is 5. The number of ether oxygens (including phenoxy) is 2. The second-order valence-electron chi connectivity index (χ2n) is 5.12. The summed E-state index contributed by atoms with van der Waals surface area (Å²) in [5.74, 6) is 0.243. The molecule has 0 radical (unpaired) electrons. The van der Waals surface area contributed by atoms with Gasteiger partial charge in [-0.15, -0.1) is 0 Å². The van der Waals surface area contributed by atoms with Crippen molar-refractivity contribution >= 4 is 17.6 Å². The fraction of sp³-hybridized carbons (Fsp3) is 0.333. The second kappa shape index (κ2) is 5.88. The number of benzene rings is 1. The summed E-state index contributed by atoms with van der Waals surface area (Å²) in [7, 11) is 1.53. The van der Waals surface area contributed by atoms with E-state index in [0.717, 1.165) is 0 Å². The molecule has 0 spiro atoms. The average molecular weight is 324 g/mol. The first-order valence-corrected chi connectivity index (χ1v) is 7.17. The van der Waals surface area contributed by atoms with Crippen molar-refractivity contribution in [2.24, 2.45) is 5.92 Å². The van der Waals surface area contributed by atoms with Gasteiger partial charge < -0.3 is 19.1 Å². The first-order valence-electron chi connectivity index (χ1n) is 6.79. The van der Waals surface area contributed by atoms with E-state index in [1.54, 1.807) is 12.1 Å². The van der Waals surface area contributed by atoms with E-state index >= 15 is 0 Å². The molecule has 2 aromatic rings. The van der Waals surface area contributed by atoms with E-state index in [1.165, 1.54) is 26.0 Å². The molecular formula is C15H14ClNO5. The Morgan fingerprint density at radius 2 is 2.18 bits per heavy atom. The van der Waals surface area contributed by atoms with Crippen LogP contribution in [0.4, 0.5) is 0 Å². The largest absolute Gasteiger partial charge is 0.493 e. The maximum absolute atomic E-state index is 10.9. The summed E-state index contributed by atoms with van der Waals surface area (Å²) in [5, 5.41) is 13.0. The molecular weight excluding hydrogens is 310 g/mol. The van der Waals surface area contributed by atoms with E-state index in [2.05, 4.69) is 5.16 Å². The van der Waals surface area contributed by atoms with Gasteiger partial charge in [0.25, 0.3) is 0 Å². The lowest BCUT2D eigenvalue weighted by Crippen LogP contribution is -2.01. The van der Waals surface area contributed by atoms with Crippen molar-refractivity contribution in [2.75, 3.05) is 13.7 Å². The summed E-state index contributed by atoms with van der Waals surface area (Å²) in [6.45, 7) is 0.638. The Balaban J connectivity index is 1.91. The number of hydrogen-bond donors (Lipinski definition) is 1. The van der Waals surface area contributed by atoms with Crippen LogP contribution in [-0.2, 0) is 0 Å². The molecule has 1 saturated carbocycles. The zero-order valence-corrected chi connectivity index (χ0v) is 12.6. The van der Waals surface area contributed by atoms with Gasteiger partial charge >= 0.3 is 5.97 Å². The lowest BCUT2D eigenvalue weighted by Gasteiger charge is -2.12. The van der Waals surface area contributed by atoms with Gasteiger partial charge in [0.05, 0.1) is 18.7 Å². The zero-order valence-electron chi connectivity index (χ0n) is 11.8. The Labute approximate surface area is 131 Å². The number of carbonyl (C=O) groups is 1. The minimum atomic E-state index is -1.19. The van der Waals surface area contributed by atoms with E-state index in [0.29, 0.717) is 40.3 Å². The third kappa shape index (κ3) is 3.01. The number of carboxylic acids is 1. The molecule has 22 heavy (non-hydrogen) atoms. The topological polar surface area (TPSA) is 81.8 Å². The van der Waals surface area contributed by atoms with Gasteiger partial charge in [-0.25, -0.2) is 4.79 Å². The van der Waals surface area contributed by atoms with Gasteiger partial charge in [-0.05, 0) is 24.8 Å². The molecule has 0 unspecified atom stereocenters. The van der Waals surface area contributed by atoms with Gasteiger partial charge in [0, 0.05) is 17.7 Å². The molecule has 0 bridgehead atoms. The highest BCUT2D eigenvalue weighted by molar-refractivity contribution is 6.33. The number of methoxy groups -OCH3 is 1. The molecule has 1 fully saturated rings. The van der Waals surface area contributed by atoms with Crippen molar-refractivity contribution in [2.45, 2.75) is 12.8 Å². The molecule has 1 aliphatic carbocycles. The third-order valence-corrected chi connectivity index (χ3v) is 3.73. The van der Waals surface area contributed by atoms with Crippen molar-refractivity contribution in [3.05, 3.63) is 29.0 Å². The van der Waals surface area contributed by atoms with E-state index in [9.17, 15) is 4.79 Å². The predicted molar refractivity (Wildman–Crippen MR) is 78.7 cm³/mol. The second-order valence-corrected chi connectivity index (χ2v) is 5.53. The van der Waals surface area contributed by atoms with Gasteiger partial charge in [0.1, 0.15) is 5.69 Å². The molecule has 0 atom stereocenters. The molecule has 3 rings (SSSR count). The third-order valence-electron chi connectivity index (χ3n) is 3.42. The monoisotopic (exact) mass is 323 g/mol. The van der Waals surface area contributed by atoms with Gasteiger partial charge in [-0.3, -0.25) is 0 Å². The van der Waals surface area contributed by atoms with E-state index in [4.69, 9.17) is 30.7 Å². The first-order chi connectivity index (χ1) is 10.6. The quantitative estimate of drug-likeness (QED) is 0.876. The number of halogens is 1. The normalized spacial score (nSPS) is 13.9. The minimum Gasteiger partial charge on any atom is -0.493 e. The maximum atomic E-state index is 10.9. The Hall–Kier alpha value is -2.21. The van der Waals surface area contributed by atoms with Crippen LogP contribution in [0, 0.1) is 5.92 Å². The Kier molecular flexibility index (Phi) is 3.94. The summed E-state index contributed by atoms with van der Waals surface area (Å²) >= 11 is 6.25.